The van der Waals surface area contributed by atoms with E-state index < -0.39 is 11.7 Å². The van der Waals surface area contributed by atoms with Crippen LogP contribution in [-0.4, -0.2) is 40.9 Å². The zero-order valence-corrected chi connectivity index (χ0v) is 15.3. The molecule has 1 rings (SSSR count). The molecule has 1 heterocycles. The second-order valence-electron chi connectivity index (χ2n) is 7.48. The van der Waals surface area contributed by atoms with Gasteiger partial charge in [0.25, 0.3) is 5.91 Å². The van der Waals surface area contributed by atoms with Crippen molar-refractivity contribution in [1.29, 1.82) is 0 Å². The lowest BCUT2D eigenvalue weighted by Crippen LogP contribution is -2.32. The molecule has 1 aromatic rings. The minimum absolute atomic E-state index is 0.0846. The number of hydrogen-bond acceptors (Lipinski definition) is 4. The molecule has 0 unspecified atom stereocenters. The Morgan fingerprint density at radius 3 is 2.21 bits per heavy atom. The van der Waals surface area contributed by atoms with Gasteiger partial charge in [0, 0.05) is 24.2 Å². The summed E-state index contributed by atoms with van der Waals surface area (Å²) in [7, 11) is 0. The Morgan fingerprint density at radius 2 is 1.71 bits per heavy atom. The number of nitrogens with zero attached hydrogens (tertiary/aromatic N) is 1. The highest BCUT2D eigenvalue weighted by Crippen LogP contribution is 2.20. The summed E-state index contributed by atoms with van der Waals surface area (Å²) in [6.45, 7) is 12.2. The summed E-state index contributed by atoms with van der Waals surface area (Å²) in [4.78, 5) is 23.4. The largest absolute Gasteiger partial charge is 0.444 e. The van der Waals surface area contributed by atoms with Crippen molar-refractivity contribution in [3.05, 3.63) is 29.6 Å². The van der Waals surface area contributed by atoms with Gasteiger partial charge in [0.2, 0.25) is 0 Å². The third-order valence-corrected chi connectivity index (χ3v) is 2.93. The van der Waals surface area contributed by atoms with E-state index in [9.17, 15) is 9.59 Å². The number of H-pyrrole nitrogens is 1. The van der Waals surface area contributed by atoms with Gasteiger partial charge in [-0.15, -0.1) is 0 Å². The Bertz CT molecular complexity index is 592. The first kappa shape index (κ1) is 19.7. The molecule has 0 aliphatic heterocycles. The maximum atomic E-state index is 12.0. The van der Waals surface area contributed by atoms with E-state index in [-0.39, 0.29) is 11.3 Å². The fraction of sp³-hybridized carbons (Fsp3) is 0.588. The molecule has 0 saturated carbocycles. The quantitative estimate of drug-likeness (QED) is 0.720. The van der Waals surface area contributed by atoms with Crippen LogP contribution in [0.15, 0.2) is 18.2 Å². The van der Waals surface area contributed by atoms with Crippen LogP contribution in [0.1, 0.15) is 57.7 Å². The van der Waals surface area contributed by atoms with Crippen LogP contribution in [-0.2, 0) is 10.2 Å². The maximum absolute atomic E-state index is 12.0. The van der Waals surface area contributed by atoms with Crippen LogP contribution in [0.2, 0.25) is 0 Å². The van der Waals surface area contributed by atoms with Gasteiger partial charge >= 0.3 is 6.09 Å². The van der Waals surface area contributed by atoms with Gasteiger partial charge < -0.3 is 15.4 Å². The average molecular weight is 336 g/mol. The predicted octanol–water partition coefficient (Wildman–Crippen LogP) is 2.52. The summed E-state index contributed by atoms with van der Waals surface area (Å²) in [5.41, 5.74) is 0.667. The van der Waals surface area contributed by atoms with Gasteiger partial charge in [-0.25, -0.2) is 4.79 Å². The van der Waals surface area contributed by atoms with Crippen molar-refractivity contribution in [2.45, 2.75) is 52.6 Å². The lowest BCUT2D eigenvalue weighted by Gasteiger charge is -2.19. The number of amides is 2. The molecule has 134 valence electrons. The van der Waals surface area contributed by atoms with E-state index in [1.807, 2.05) is 20.8 Å². The SMILES string of the molecule is CC(C)(C)OC(=O)NCC=CCNC(=O)c1cc(C(C)(C)C)[nH]n1. The van der Waals surface area contributed by atoms with Crippen molar-refractivity contribution in [1.82, 2.24) is 20.8 Å². The standard InChI is InChI=1S/C17H28N4O3/c1-16(2,3)13-11-12(20-21-13)14(22)18-9-7-8-10-19-15(23)24-17(4,5)6/h7-8,11H,9-10H2,1-6H3,(H,18,22)(H,19,23)(H,20,21). The van der Waals surface area contributed by atoms with Crippen LogP contribution >= 0.6 is 0 Å². The summed E-state index contributed by atoms with van der Waals surface area (Å²) in [5, 5.41) is 12.2. The molecule has 0 fully saturated rings. The van der Waals surface area contributed by atoms with Gasteiger partial charge in [0.05, 0.1) is 0 Å². The van der Waals surface area contributed by atoms with E-state index in [1.165, 1.54) is 0 Å². The van der Waals surface area contributed by atoms with E-state index >= 15 is 0 Å². The zero-order valence-electron chi connectivity index (χ0n) is 15.3. The molecule has 0 aliphatic rings. The molecule has 7 nitrogen and oxygen atoms in total. The third-order valence-electron chi connectivity index (χ3n) is 2.93. The van der Waals surface area contributed by atoms with E-state index in [1.54, 1.807) is 39.0 Å². The maximum Gasteiger partial charge on any atom is 0.407 e. The van der Waals surface area contributed by atoms with Gasteiger partial charge in [-0.05, 0) is 26.8 Å². The first-order valence-electron chi connectivity index (χ1n) is 7.95. The van der Waals surface area contributed by atoms with Crippen LogP contribution in [0.4, 0.5) is 4.79 Å². The van der Waals surface area contributed by atoms with Crippen LogP contribution in [0.5, 0.6) is 0 Å². The Kier molecular flexibility index (Phi) is 6.57. The number of rotatable bonds is 5. The van der Waals surface area contributed by atoms with Crippen molar-refractivity contribution in [3.8, 4) is 0 Å². The lowest BCUT2D eigenvalue weighted by molar-refractivity contribution is 0.0534. The zero-order chi connectivity index (χ0) is 18.4. The highest BCUT2D eigenvalue weighted by atomic mass is 16.6. The van der Waals surface area contributed by atoms with E-state index in [0.717, 1.165) is 5.69 Å². The smallest absolute Gasteiger partial charge is 0.407 e. The first-order chi connectivity index (χ1) is 11.0. The fourth-order valence-electron chi connectivity index (χ4n) is 1.69. The molecule has 0 saturated heterocycles. The lowest BCUT2D eigenvalue weighted by atomic mass is 9.92. The minimum atomic E-state index is -0.517. The normalized spacial score (nSPS) is 12.2. The number of nitrogens with one attached hydrogen (secondary N) is 3. The predicted molar refractivity (Wildman–Crippen MR) is 93.0 cm³/mol. The highest BCUT2D eigenvalue weighted by molar-refractivity contribution is 5.92. The number of carbonyl (C=O) groups excluding carboxylic acids is 2. The van der Waals surface area contributed by atoms with Gasteiger partial charge in [-0.1, -0.05) is 32.9 Å². The van der Waals surface area contributed by atoms with Crippen LogP contribution in [0, 0.1) is 0 Å². The number of hydrogen-bond donors (Lipinski definition) is 3. The Labute approximate surface area is 143 Å². The molecule has 0 spiro atoms. The Morgan fingerprint density at radius 1 is 1.12 bits per heavy atom. The summed E-state index contributed by atoms with van der Waals surface area (Å²) in [6, 6.07) is 1.75. The topological polar surface area (TPSA) is 96.1 Å². The summed E-state index contributed by atoms with van der Waals surface area (Å²) >= 11 is 0. The van der Waals surface area contributed by atoms with Gasteiger partial charge in [-0.3, -0.25) is 9.89 Å². The van der Waals surface area contributed by atoms with Crippen LogP contribution in [0.3, 0.4) is 0 Å². The summed E-state index contributed by atoms with van der Waals surface area (Å²) in [6.07, 6.45) is 3.03. The molecular formula is C17H28N4O3. The molecule has 0 radical (unpaired) electrons. The second-order valence-corrected chi connectivity index (χ2v) is 7.48. The number of ether oxygens (including phenoxy) is 1. The number of carbonyl (C=O) groups is 2. The molecule has 0 bridgehead atoms. The van der Waals surface area contributed by atoms with E-state index in [0.29, 0.717) is 18.8 Å². The van der Waals surface area contributed by atoms with Crippen molar-refractivity contribution in [3.63, 3.8) is 0 Å². The monoisotopic (exact) mass is 336 g/mol. The number of alkyl carbamates (subject to hydrolysis) is 1. The van der Waals surface area contributed by atoms with Crippen molar-refractivity contribution in [2.75, 3.05) is 13.1 Å². The highest BCUT2D eigenvalue weighted by Gasteiger charge is 2.19. The molecule has 2 amide bonds. The fourth-order valence-corrected chi connectivity index (χ4v) is 1.69. The van der Waals surface area contributed by atoms with Crippen LogP contribution in [0.25, 0.3) is 0 Å². The van der Waals surface area contributed by atoms with E-state index in [2.05, 4.69) is 20.8 Å². The Balaban J connectivity index is 2.31. The van der Waals surface area contributed by atoms with E-state index in [4.69, 9.17) is 4.74 Å². The molecule has 1 aromatic heterocycles. The van der Waals surface area contributed by atoms with Crippen molar-refractivity contribution >= 4 is 12.0 Å². The molecule has 24 heavy (non-hydrogen) atoms. The molecule has 0 atom stereocenters. The van der Waals surface area contributed by atoms with Crippen molar-refractivity contribution in [2.24, 2.45) is 0 Å². The molecular weight excluding hydrogens is 308 g/mol. The van der Waals surface area contributed by atoms with Gasteiger partial charge in [0.15, 0.2) is 0 Å². The third kappa shape index (κ3) is 7.30. The molecule has 0 aliphatic carbocycles. The number of aromatic amines is 1. The van der Waals surface area contributed by atoms with Crippen LogP contribution < -0.4 is 10.6 Å². The summed E-state index contributed by atoms with van der Waals surface area (Å²) in [5.74, 6) is -0.244. The summed E-state index contributed by atoms with van der Waals surface area (Å²) < 4.78 is 5.10. The first-order valence-corrected chi connectivity index (χ1v) is 7.95. The molecule has 0 aromatic carbocycles. The van der Waals surface area contributed by atoms with Gasteiger partial charge in [-0.2, -0.15) is 5.10 Å². The van der Waals surface area contributed by atoms with Crippen molar-refractivity contribution < 1.29 is 14.3 Å². The minimum Gasteiger partial charge on any atom is -0.444 e. The Hall–Kier alpha value is -2.31. The van der Waals surface area contributed by atoms with Gasteiger partial charge in [0.1, 0.15) is 11.3 Å². The molecule has 7 heteroatoms. The average Bonchev–Trinajstić information content (AvgIpc) is 2.90. The second kappa shape index (κ2) is 7.99. The number of aromatic nitrogens is 2. The molecule has 3 N–H and O–H groups in total.